The maximum atomic E-state index is 9.08. The maximum absolute atomic E-state index is 9.08. The Kier molecular flexibility index (Phi) is 3.38. The van der Waals surface area contributed by atoms with Crippen LogP contribution in [0.2, 0.25) is 0 Å². The number of benzene rings is 1. The van der Waals surface area contributed by atoms with Crippen molar-refractivity contribution in [2.45, 2.75) is 47.9 Å². The normalized spacial score (nSPS) is 43.6. The Morgan fingerprint density at radius 3 is 2.59 bits per heavy atom. The van der Waals surface area contributed by atoms with Gasteiger partial charge in [0.25, 0.3) is 0 Å². The van der Waals surface area contributed by atoms with Crippen LogP contribution in [0.4, 0.5) is 0 Å². The van der Waals surface area contributed by atoms with Gasteiger partial charge in [-0.3, -0.25) is 0 Å². The molecule has 22 heavy (non-hydrogen) atoms. The Balaban J connectivity index is 1.76. The molecule has 0 amide bonds. The second kappa shape index (κ2) is 5.06. The average Bonchev–Trinajstić information content (AvgIpc) is 2.44. The SMILES string of the molecule is [N-]=[N+]=NC(c1ccccc1)C1C2CC3CC(Cl)(C2)C[C@@]1(Cl)C3. The van der Waals surface area contributed by atoms with Gasteiger partial charge in [0.05, 0.1) is 10.9 Å². The molecule has 4 saturated carbocycles. The summed E-state index contributed by atoms with van der Waals surface area (Å²) in [6, 6.07) is 9.87. The van der Waals surface area contributed by atoms with Gasteiger partial charge >= 0.3 is 0 Å². The number of nitrogens with zero attached hydrogens (tertiary/aromatic N) is 3. The van der Waals surface area contributed by atoms with E-state index in [9.17, 15) is 0 Å². The van der Waals surface area contributed by atoms with E-state index in [0.717, 1.165) is 31.2 Å². The molecule has 1 aromatic carbocycles. The zero-order valence-electron chi connectivity index (χ0n) is 12.3. The highest BCUT2D eigenvalue weighted by Crippen LogP contribution is 2.67. The summed E-state index contributed by atoms with van der Waals surface area (Å²) in [5.41, 5.74) is 10.1. The third kappa shape index (κ3) is 2.22. The first kappa shape index (κ1) is 14.7. The van der Waals surface area contributed by atoms with Crippen LogP contribution >= 0.6 is 23.2 Å². The van der Waals surface area contributed by atoms with E-state index in [1.54, 1.807) is 0 Å². The predicted molar refractivity (Wildman–Crippen MR) is 89.1 cm³/mol. The Morgan fingerprint density at radius 1 is 1.18 bits per heavy atom. The molecule has 6 atom stereocenters. The molecule has 4 fully saturated rings. The van der Waals surface area contributed by atoms with E-state index in [4.69, 9.17) is 28.7 Å². The highest BCUT2D eigenvalue weighted by molar-refractivity contribution is 6.28. The monoisotopic (exact) mass is 335 g/mol. The Morgan fingerprint density at radius 2 is 1.95 bits per heavy atom. The van der Waals surface area contributed by atoms with Crippen molar-refractivity contribution in [2.24, 2.45) is 22.9 Å². The van der Waals surface area contributed by atoms with E-state index in [2.05, 4.69) is 10.0 Å². The molecule has 5 heteroatoms. The fourth-order valence-corrected chi connectivity index (χ4v) is 7.08. The first-order chi connectivity index (χ1) is 10.5. The molecule has 0 heterocycles. The summed E-state index contributed by atoms with van der Waals surface area (Å²) in [5.74, 6) is 1.30. The van der Waals surface area contributed by atoms with Crippen LogP contribution < -0.4 is 0 Å². The molecule has 0 aromatic heterocycles. The van der Waals surface area contributed by atoms with Gasteiger partial charge in [0.1, 0.15) is 0 Å². The quantitative estimate of drug-likeness (QED) is 0.288. The lowest BCUT2D eigenvalue weighted by Crippen LogP contribution is -2.60. The lowest BCUT2D eigenvalue weighted by Gasteiger charge is -2.62. The molecule has 0 spiro atoms. The summed E-state index contributed by atoms with van der Waals surface area (Å²) in [6.07, 6.45) is 5.13. The minimum atomic E-state index is -0.319. The number of rotatable bonds is 3. The van der Waals surface area contributed by atoms with Crippen LogP contribution in [0.3, 0.4) is 0 Å². The van der Waals surface area contributed by atoms with Crippen LogP contribution in [0.5, 0.6) is 0 Å². The largest absolute Gasteiger partial charge is 0.119 e. The van der Waals surface area contributed by atoms with E-state index in [0.29, 0.717) is 11.8 Å². The lowest BCUT2D eigenvalue weighted by molar-refractivity contribution is -0.0186. The van der Waals surface area contributed by atoms with Crippen molar-refractivity contribution in [3.8, 4) is 0 Å². The number of hydrogen-bond acceptors (Lipinski definition) is 1. The van der Waals surface area contributed by atoms with E-state index in [-0.39, 0.29) is 21.7 Å². The molecule has 0 N–H and O–H groups in total. The molecule has 3 nitrogen and oxygen atoms in total. The summed E-state index contributed by atoms with van der Waals surface area (Å²) in [5, 5.41) is 4.16. The summed E-state index contributed by atoms with van der Waals surface area (Å²) < 4.78 is 0. The van der Waals surface area contributed by atoms with Gasteiger partial charge < -0.3 is 0 Å². The van der Waals surface area contributed by atoms with Gasteiger partial charge in [-0.15, -0.1) is 23.2 Å². The van der Waals surface area contributed by atoms with E-state index >= 15 is 0 Å². The van der Waals surface area contributed by atoms with Gasteiger partial charge in [-0.25, -0.2) is 0 Å². The van der Waals surface area contributed by atoms with Crippen molar-refractivity contribution in [1.29, 1.82) is 0 Å². The Labute approximate surface area is 140 Å². The summed E-state index contributed by atoms with van der Waals surface area (Å²) in [6.45, 7) is 0. The highest BCUT2D eigenvalue weighted by Gasteiger charge is 2.63. The third-order valence-corrected chi connectivity index (χ3v) is 6.90. The molecule has 0 radical (unpaired) electrons. The number of azide groups is 1. The second-order valence-electron chi connectivity index (χ2n) is 7.42. The smallest absolute Gasteiger partial charge is 0.0672 e. The minimum Gasteiger partial charge on any atom is -0.119 e. The van der Waals surface area contributed by atoms with Crippen molar-refractivity contribution in [3.63, 3.8) is 0 Å². The predicted octanol–water partition coefficient (Wildman–Crippen LogP) is 5.83. The summed E-state index contributed by atoms with van der Waals surface area (Å²) in [4.78, 5) is 2.68. The topological polar surface area (TPSA) is 48.8 Å². The molecule has 116 valence electrons. The first-order valence-electron chi connectivity index (χ1n) is 8.00. The molecule has 1 aromatic rings. The fraction of sp³-hybridized carbons (Fsp3) is 0.647. The zero-order chi connectivity index (χ0) is 15.4. The van der Waals surface area contributed by atoms with Crippen molar-refractivity contribution < 1.29 is 0 Å². The Bertz CT molecular complexity index is 630. The molecule has 4 aliphatic carbocycles. The van der Waals surface area contributed by atoms with Gasteiger partial charge in [0.2, 0.25) is 0 Å². The molecule has 4 bridgehead atoms. The van der Waals surface area contributed by atoms with Crippen LogP contribution in [0, 0.1) is 17.8 Å². The molecule has 0 saturated heterocycles. The van der Waals surface area contributed by atoms with Gasteiger partial charge in [-0.05, 0) is 61.0 Å². The maximum Gasteiger partial charge on any atom is 0.0672 e. The summed E-state index contributed by atoms with van der Waals surface area (Å²) in [7, 11) is 0. The third-order valence-electron chi connectivity index (χ3n) is 5.92. The van der Waals surface area contributed by atoms with E-state index in [1.807, 2.05) is 30.3 Å². The number of alkyl halides is 2. The van der Waals surface area contributed by atoms with Crippen molar-refractivity contribution >= 4 is 23.2 Å². The van der Waals surface area contributed by atoms with Gasteiger partial charge in [0.15, 0.2) is 0 Å². The second-order valence-corrected chi connectivity index (χ2v) is 8.98. The van der Waals surface area contributed by atoms with Crippen LogP contribution in [-0.4, -0.2) is 9.75 Å². The van der Waals surface area contributed by atoms with Gasteiger partial charge in [-0.2, -0.15) is 0 Å². The van der Waals surface area contributed by atoms with Crippen LogP contribution in [0.15, 0.2) is 35.4 Å². The standard InChI is InChI=1S/C17H19Cl2N3/c18-16-7-11-6-13(9-16)14(17(19,8-11)10-16)15(21-22-20)12-4-2-1-3-5-12/h1-5,11,13-15H,6-10H2/t11?,13?,14?,15?,16?,17-/m0/s1. The van der Waals surface area contributed by atoms with Crippen molar-refractivity contribution in [1.82, 2.24) is 0 Å². The minimum absolute atomic E-state index is 0.123. The van der Waals surface area contributed by atoms with Gasteiger partial charge in [0, 0.05) is 9.79 Å². The molecule has 4 aliphatic rings. The van der Waals surface area contributed by atoms with Crippen molar-refractivity contribution in [3.05, 3.63) is 46.3 Å². The van der Waals surface area contributed by atoms with E-state index in [1.165, 1.54) is 6.42 Å². The lowest BCUT2D eigenvalue weighted by atomic mass is 9.49. The van der Waals surface area contributed by atoms with Crippen LogP contribution in [0.1, 0.15) is 43.7 Å². The highest BCUT2D eigenvalue weighted by atomic mass is 35.5. The molecule has 0 aliphatic heterocycles. The van der Waals surface area contributed by atoms with E-state index < -0.39 is 0 Å². The molecule has 5 unspecified atom stereocenters. The molecular weight excluding hydrogens is 317 g/mol. The summed E-state index contributed by atoms with van der Waals surface area (Å²) >= 11 is 13.9. The van der Waals surface area contributed by atoms with Crippen LogP contribution in [0.25, 0.3) is 10.4 Å². The van der Waals surface area contributed by atoms with Crippen LogP contribution in [-0.2, 0) is 0 Å². The van der Waals surface area contributed by atoms with Crippen molar-refractivity contribution in [2.75, 3.05) is 0 Å². The molecule has 5 rings (SSSR count). The number of halogens is 2. The molecular formula is C17H19Cl2N3. The number of hydrogen-bond donors (Lipinski definition) is 0. The Hall–Kier alpha value is -0.890. The first-order valence-corrected chi connectivity index (χ1v) is 8.76. The van der Waals surface area contributed by atoms with Gasteiger partial charge in [-0.1, -0.05) is 35.4 Å². The zero-order valence-corrected chi connectivity index (χ0v) is 13.8. The fourth-order valence-electron chi connectivity index (χ4n) is 5.59. The average molecular weight is 336 g/mol.